The first-order valence-corrected chi connectivity index (χ1v) is 10.6. The molecule has 0 bridgehead atoms. The normalized spacial score (nSPS) is 16.9. The second kappa shape index (κ2) is 7.84. The monoisotopic (exact) mass is 383 g/mol. The highest BCUT2D eigenvalue weighted by molar-refractivity contribution is 7.99. The molecule has 1 fully saturated rings. The van der Waals surface area contributed by atoms with E-state index >= 15 is 0 Å². The van der Waals surface area contributed by atoms with Crippen LogP contribution in [0.2, 0.25) is 0 Å². The van der Waals surface area contributed by atoms with Crippen molar-refractivity contribution < 1.29 is 4.79 Å². The highest BCUT2D eigenvalue weighted by Gasteiger charge is 2.35. The Morgan fingerprint density at radius 3 is 2.81 bits per heavy atom. The lowest BCUT2D eigenvalue weighted by Crippen LogP contribution is -2.34. The van der Waals surface area contributed by atoms with E-state index < -0.39 is 0 Å². The first-order chi connectivity index (χ1) is 13.1. The van der Waals surface area contributed by atoms with Crippen LogP contribution in [0.5, 0.6) is 0 Å². The fourth-order valence-corrected chi connectivity index (χ4v) is 4.21. The Bertz CT molecular complexity index is 871. The number of hydrogen-bond acceptors (Lipinski definition) is 5. The lowest BCUT2D eigenvalue weighted by molar-refractivity contribution is -0.127. The molecule has 0 aliphatic heterocycles. The number of tetrazole rings is 1. The summed E-state index contributed by atoms with van der Waals surface area (Å²) in [7, 11) is 0. The summed E-state index contributed by atoms with van der Waals surface area (Å²) >= 11 is 1.41. The Balaban J connectivity index is 1.47. The number of carbonyl (C=O) groups is 1. The van der Waals surface area contributed by atoms with Crippen LogP contribution in [0.15, 0.2) is 35.1 Å². The molecule has 1 amide bonds. The van der Waals surface area contributed by atoms with E-state index in [9.17, 15) is 4.79 Å². The van der Waals surface area contributed by atoms with Gasteiger partial charge in [-0.15, -0.1) is 5.10 Å². The first kappa shape index (κ1) is 18.2. The van der Waals surface area contributed by atoms with Gasteiger partial charge in [0.05, 0.1) is 11.4 Å². The van der Waals surface area contributed by atoms with E-state index in [1.54, 1.807) is 4.68 Å². The molecule has 0 saturated heterocycles. The predicted octanol–water partition coefficient (Wildman–Crippen LogP) is 3.82. The molecule has 1 saturated carbocycles. The molecule has 4 rings (SSSR count). The lowest BCUT2D eigenvalue weighted by atomic mass is 10.0. The summed E-state index contributed by atoms with van der Waals surface area (Å²) in [6.45, 7) is 4.16. The summed E-state index contributed by atoms with van der Waals surface area (Å²) in [5.74, 6) is 0.532. The number of hydrogen-bond donors (Lipinski definition) is 0. The predicted molar refractivity (Wildman–Crippen MR) is 106 cm³/mol. The fraction of sp³-hybridized carbons (Fsp3) is 0.500. The van der Waals surface area contributed by atoms with Gasteiger partial charge in [-0.25, -0.2) is 0 Å². The maximum Gasteiger partial charge on any atom is 0.237 e. The maximum absolute atomic E-state index is 13.0. The van der Waals surface area contributed by atoms with Gasteiger partial charge in [0.2, 0.25) is 11.1 Å². The average molecular weight is 384 g/mol. The number of benzene rings is 1. The summed E-state index contributed by atoms with van der Waals surface area (Å²) < 4.78 is 1.71. The van der Waals surface area contributed by atoms with Crippen molar-refractivity contribution in [2.45, 2.75) is 63.6 Å². The summed E-state index contributed by atoms with van der Waals surface area (Å²) in [6, 6.07) is 6.55. The molecule has 142 valence electrons. The van der Waals surface area contributed by atoms with Crippen LogP contribution in [-0.4, -0.2) is 42.8 Å². The van der Waals surface area contributed by atoms with E-state index in [2.05, 4.69) is 52.5 Å². The van der Waals surface area contributed by atoms with Crippen molar-refractivity contribution in [2.24, 2.45) is 0 Å². The molecule has 0 N–H and O–H groups in total. The van der Waals surface area contributed by atoms with Gasteiger partial charge in [-0.1, -0.05) is 23.9 Å². The molecule has 27 heavy (non-hydrogen) atoms. The molecule has 6 nitrogen and oxygen atoms in total. The van der Waals surface area contributed by atoms with Gasteiger partial charge in [0.1, 0.15) is 0 Å². The number of thioether (sulfide) groups is 1. The van der Waals surface area contributed by atoms with Crippen LogP contribution in [-0.2, 0) is 4.79 Å². The topological polar surface area (TPSA) is 63.9 Å². The molecule has 0 radical (unpaired) electrons. The zero-order valence-electron chi connectivity index (χ0n) is 15.9. The van der Waals surface area contributed by atoms with E-state index in [0.717, 1.165) is 31.4 Å². The minimum atomic E-state index is 0.172. The van der Waals surface area contributed by atoms with Crippen molar-refractivity contribution in [1.82, 2.24) is 25.1 Å². The third-order valence-corrected chi connectivity index (χ3v) is 6.16. The number of aryl methyl sites for hydroxylation is 2. The fourth-order valence-electron chi connectivity index (χ4n) is 3.46. The highest BCUT2D eigenvalue weighted by Crippen LogP contribution is 2.34. The minimum absolute atomic E-state index is 0.172. The number of rotatable bonds is 6. The smallest absolute Gasteiger partial charge is 0.237 e. The van der Waals surface area contributed by atoms with Crippen LogP contribution in [0.4, 0.5) is 0 Å². The van der Waals surface area contributed by atoms with Gasteiger partial charge in [-0.2, -0.15) is 4.68 Å². The average Bonchev–Trinajstić information content (AvgIpc) is 3.39. The molecule has 2 aliphatic carbocycles. The SMILES string of the molecule is Cc1ccc(-n2nnnc2SCC(=O)N(C2=CCCCC2)C2CC2)cc1C. The van der Waals surface area contributed by atoms with Crippen molar-refractivity contribution in [3.63, 3.8) is 0 Å². The number of amides is 1. The number of nitrogens with zero attached hydrogens (tertiary/aromatic N) is 5. The van der Waals surface area contributed by atoms with Gasteiger partial charge in [0.15, 0.2) is 0 Å². The summed E-state index contributed by atoms with van der Waals surface area (Å²) in [4.78, 5) is 15.0. The molecular formula is C20H25N5OS. The van der Waals surface area contributed by atoms with Crippen molar-refractivity contribution in [3.8, 4) is 5.69 Å². The Morgan fingerprint density at radius 2 is 2.11 bits per heavy atom. The number of allylic oxidation sites excluding steroid dienone is 2. The van der Waals surface area contributed by atoms with E-state index in [-0.39, 0.29) is 5.91 Å². The van der Waals surface area contributed by atoms with Crippen LogP contribution in [0.1, 0.15) is 49.7 Å². The molecule has 7 heteroatoms. The molecule has 0 unspecified atom stereocenters. The van der Waals surface area contributed by atoms with Gasteiger partial charge in [-0.05, 0) is 86.1 Å². The van der Waals surface area contributed by atoms with E-state index in [1.807, 2.05) is 6.07 Å². The van der Waals surface area contributed by atoms with Crippen LogP contribution in [0, 0.1) is 13.8 Å². The molecule has 2 aromatic rings. The van der Waals surface area contributed by atoms with Crippen molar-refractivity contribution in [1.29, 1.82) is 0 Å². The van der Waals surface area contributed by atoms with E-state index in [0.29, 0.717) is 17.0 Å². The summed E-state index contributed by atoms with van der Waals surface area (Å²) in [6.07, 6.45) is 9.01. The van der Waals surface area contributed by atoms with Crippen molar-refractivity contribution in [3.05, 3.63) is 41.1 Å². The van der Waals surface area contributed by atoms with Gasteiger partial charge in [0, 0.05) is 11.7 Å². The Kier molecular flexibility index (Phi) is 5.29. The second-order valence-corrected chi connectivity index (χ2v) is 8.31. The number of aromatic nitrogens is 4. The van der Waals surface area contributed by atoms with Crippen LogP contribution in [0.3, 0.4) is 0 Å². The highest BCUT2D eigenvalue weighted by atomic mass is 32.2. The third kappa shape index (κ3) is 4.08. The molecule has 2 aliphatic rings. The lowest BCUT2D eigenvalue weighted by Gasteiger charge is -2.27. The van der Waals surface area contributed by atoms with Crippen LogP contribution >= 0.6 is 11.8 Å². The standard InChI is InChI=1S/C20H25N5OS/c1-14-8-9-18(12-15(14)2)25-20(21-22-23-25)27-13-19(26)24(17-10-11-17)16-6-4-3-5-7-16/h6,8-9,12,17H,3-5,7,10-11,13H2,1-2H3. The Labute approximate surface area is 164 Å². The zero-order valence-corrected chi connectivity index (χ0v) is 16.7. The minimum Gasteiger partial charge on any atom is -0.313 e. The molecule has 0 atom stereocenters. The largest absolute Gasteiger partial charge is 0.313 e. The number of carbonyl (C=O) groups excluding carboxylic acids is 1. The molecule has 1 aromatic carbocycles. The Morgan fingerprint density at radius 1 is 1.26 bits per heavy atom. The van der Waals surface area contributed by atoms with Crippen LogP contribution in [0.25, 0.3) is 5.69 Å². The van der Waals surface area contributed by atoms with Crippen molar-refractivity contribution >= 4 is 17.7 Å². The maximum atomic E-state index is 13.0. The zero-order chi connectivity index (χ0) is 18.8. The summed E-state index contributed by atoms with van der Waals surface area (Å²) in [5, 5.41) is 12.7. The van der Waals surface area contributed by atoms with E-state index in [1.165, 1.54) is 41.4 Å². The quantitative estimate of drug-likeness (QED) is 0.710. The van der Waals surface area contributed by atoms with Gasteiger partial charge in [0.25, 0.3) is 0 Å². The van der Waals surface area contributed by atoms with Gasteiger partial charge in [-0.3, -0.25) is 4.79 Å². The third-order valence-electron chi connectivity index (χ3n) is 5.26. The van der Waals surface area contributed by atoms with Gasteiger partial charge < -0.3 is 4.90 Å². The van der Waals surface area contributed by atoms with Crippen molar-refractivity contribution in [2.75, 3.05) is 5.75 Å². The first-order valence-electron chi connectivity index (χ1n) is 9.63. The summed E-state index contributed by atoms with van der Waals surface area (Å²) in [5.41, 5.74) is 4.58. The molecule has 0 spiro atoms. The van der Waals surface area contributed by atoms with E-state index in [4.69, 9.17) is 0 Å². The molecular weight excluding hydrogens is 358 g/mol. The van der Waals surface area contributed by atoms with Crippen LogP contribution < -0.4 is 0 Å². The Hall–Kier alpha value is -2.15. The molecule has 1 aromatic heterocycles. The van der Waals surface area contributed by atoms with Gasteiger partial charge >= 0.3 is 0 Å². The second-order valence-electron chi connectivity index (χ2n) is 7.37. The molecule has 1 heterocycles.